The van der Waals surface area contributed by atoms with Crippen molar-refractivity contribution in [2.24, 2.45) is 4.99 Å². The van der Waals surface area contributed by atoms with E-state index in [1.165, 1.54) is 11.9 Å². The summed E-state index contributed by atoms with van der Waals surface area (Å²) >= 11 is 0. The molecular formula is C20H26N8O. The fourth-order valence-corrected chi connectivity index (χ4v) is 3.53. The van der Waals surface area contributed by atoms with E-state index in [4.69, 9.17) is 4.52 Å². The Kier molecular flexibility index (Phi) is 5.85. The highest BCUT2D eigenvalue weighted by Crippen LogP contribution is 2.15. The van der Waals surface area contributed by atoms with Crippen LogP contribution in [0.2, 0.25) is 0 Å². The third-order valence-electron chi connectivity index (χ3n) is 5.01. The summed E-state index contributed by atoms with van der Waals surface area (Å²) in [6.07, 6.45) is 1.52. The second-order valence-corrected chi connectivity index (χ2v) is 7.13. The molecule has 3 aromatic rings. The van der Waals surface area contributed by atoms with Crippen LogP contribution in [0.4, 0.5) is 0 Å². The Hall–Kier alpha value is -3.20. The van der Waals surface area contributed by atoms with Crippen LogP contribution >= 0.6 is 0 Å². The summed E-state index contributed by atoms with van der Waals surface area (Å²) in [4.78, 5) is 13.4. The number of hydrogen-bond acceptors (Lipinski definition) is 6. The van der Waals surface area contributed by atoms with Gasteiger partial charge in [-0.05, 0) is 18.6 Å². The molecule has 9 nitrogen and oxygen atoms in total. The summed E-state index contributed by atoms with van der Waals surface area (Å²) in [6, 6.07) is 10.3. The van der Waals surface area contributed by atoms with Gasteiger partial charge in [0.25, 0.3) is 0 Å². The van der Waals surface area contributed by atoms with Gasteiger partial charge in [-0.2, -0.15) is 5.10 Å². The van der Waals surface area contributed by atoms with Gasteiger partial charge >= 0.3 is 0 Å². The zero-order valence-corrected chi connectivity index (χ0v) is 16.8. The highest BCUT2D eigenvalue weighted by atomic mass is 16.5. The molecule has 0 aliphatic carbocycles. The van der Waals surface area contributed by atoms with E-state index < -0.39 is 0 Å². The van der Waals surface area contributed by atoms with E-state index in [1.54, 1.807) is 0 Å². The number of H-pyrrole nitrogens is 1. The first kappa shape index (κ1) is 19.1. The second-order valence-electron chi connectivity index (χ2n) is 7.13. The Balaban J connectivity index is 1.29. The zero-order chi connectivity index (χ0) is 20.1. The minimum atomic E-state index is 0.701. The van der Waals surface area contributed by atoms with E-state index in [-0.39, 0.29) is 0 Å². The van der Waals surface area contributed by atoms with Crippen LogP contribution in [0.1, 0.15) is 17.0 Å². The van der Waals surface area contributed by atoms with Crippen molar-refractivity contribution < 1.29 is 4.52 Å². The number of hydrogen-bond donors (Lipinski definition) is 2. The molecule has 0 unspecified atom stereocenters. The van der Waals surface area contributed by atoms with Gasteiger partial charge in [0.1, 0.15) is 12.1 Å². The molecule has 1 saturated heterocycles. The van der Waals surface area contributed by atoms with Crippen LogP contribution < -0.4 is 5.32 Å². The van der Waals surface area contributed by atoms with Crippen LogP contribution in [-0.4, -0.2) is 69.3 Å². The van der Waals surface area contributed by atoms with Crippen molar-refractivity contribution in [2.45, 2.75) is 20.0 Å². The van der Waals surface area contributed by atoms with Crippen molar-refractivity contribution in [1.82, 2.24) is 35.5 Å². The standard InChI is InChI=1S/C20H26N8O/c1-15-10-18(26-29-15)13-27-6-8-28(9-7-27)20(21-2)22-12-16-4-3-5-17(11-16)19-23-14-24-25-19/h3-5,10-11,14H,6-9,12-13H2,1-2H3,(H,21,22)(H,23,24,25). The molecule has 9 heteroatoms. The van der Waals surface area contributed by atoms with Crippen molar-refractivity contribution in [1.29, 1.82) is 0 Å². The van der Waals surface area contributed by atoms with Crippen LogP contribution in [0.15, 0.2) is 46.2 Å². The average molecular weight is 394 g/mol. The molecule has 3 heterocycles. The molecule has 0 radical (unpaired) electrons. The van der Waals surface area contributed by atoms with Gasteiger partial charge in [-0.15, -0.1) is 0 Å². The first-order valence-electron chi connectivity index (χ1n) is 9.76. The minimum Gasteiger partial charge on any atom is -0.361 e. The minimum absolute atomic E-state index is 0.701. The first-order chi connectivity index (χ1) is 14.2. The second kappa shape index (κ2) is 8.87. The molecule has 0 saturated carbocycles. The van der Waals surface area contributed by atoms with Crippen LogP contribution in [0.25, 0.3) is 11.4 Å². The number of benzene rings is 1. The van der Waals surface area contributed by atoms with E-state index in [0.717, 1.165) is 61.5 Å². The topological polar surface area (TPSA) is 98.5 Å². The van der Waals surface area contributed by atoms with Crippen molar-refractivity contribution >= 4 is 5.96 Å². The summed E-state index contributed by atoms with van der Waals surface area (Å²) in [6.45, 7) is 7.23. The van der Waals surface area contributed by atoms with Crippen molar-refractivity contribution in [3.8, 4) is 11.4 Å². The predicted octanol–water partition coefficient (Wildman–Crippen LogP) is 1.66. The third kappa shape index (κ3) is 4.80. The lowest BCUT2D eigenvalue weighted by Crippen LogP contribution is -2.52. The predicted molar refractivity (Wildman–Crippen MR) is 110 cm³/mol. The molecule has 152 valence electrons. The lowest BCUT2D eigenvalue weighted by molar-refractivity contribution is 0.169. The molecule has 1 fully saturated rings. The Morgan fingerprint density at radius 3 is 2.79 bits per heavy atom. The number of aliphatic imine (C=N–C) groups is 1. The Bertz CT molecular complexity index is 941. The first-order valence-corrected chi connectivity index (χ1v) is 9.76. The number of piperazine rings is 1. The monoisotopic (exact) mass is 394 g/mol. The van der Waals surface area contributed by atoms with Crippen molar-refractivity contribution in [3.05, 3.63) is 53.7 Å². The van der Waals surface area contributed by atoms with Crippen LogP contribution in [0.3, 0.4) is 0 Å². The van der Waals surface area contributed by atoms with E-state index >= 15 is 0 Å². The van der Waals surface area contributed by atoms with Crippen LogP contribution in [-0.2, 0) is 13.1 Å². The van der Waals surface area contributed by atoms with Gasteiger partial charge in [0.2, 0.25) is 0 Å². The number of aryl methyl sites for hydroxylation is 1. The summed E-state index contributed by atoms with van der Waals surface area (Å²) in [5.74, 6) is 2.55. The molecule has 1 aliphatic rings. The lowest BCUT2D eigenvalue weighted by Gasteiger charge is -2.36. The van der Waals surface area contributed by atoms with Gasteiger partial charge in [-0.25, -0.2) is 4.98 Å². The fourth-order valence-electron chi connectivity index (χ4n) is 3.53. The van der Waals surface area contributed by atoms with Gasteiger partial charge in [-0.3, -0.25) is 15.0 Å². The maximum absolute atomic E-state index is 5.16. The number of aromatic nitrogens is 4. The van der Waals surface area contributed by atoms with Gasteiger partial charge < -0.3 is 14.7 Å². The zero-order valence-electron chi connectivity index (χ0n) is 16.8. The molecule has 1 aliphatic heterocycles. The third-order valence-corrected chi connectivity index (χ3v) is 5.01. The number of rotatable bonds is 5. The molecule has 0 atom stereocenters. The Labute approximate surface area is 169 Å². The van der Waals surface area contributed by atoms with Crippen molar-refractivity contribution in [3.63, 3.8) is 0 Å². The number of nitrogens with one attached hydrogen (secondary N) is 2. The Morgan fingerprint density at radius 2 is 2.10 bits per heavy atom. The summed E-state index contributed by atoms with van der Waals surface area (Å²) in [7, 11) is 1.83. The smallest absolute Gasteiger partial charge is 0.194 e. The Morgan fingerprint density at radius 1 is 1.24 bits per heavy atom. The summed E-state index contributed by atoms with van der Waals surface area (Å²) in [5.41, 5.74) is 3.18. The molecule has 0 spiro atoms. The lowest BCUT2D eigenvalue weighted by atomic mass is 10.1. The summed E-state index contributed by atoms with van der Waals surface area (Å²) in [5, 5.41) is 14.4. The molecule has 29 heavy (non-hydrogen) atoms. The maximum atomic E-state index is 5.16. The van der Waals surface area contributed by atoms with E-state index in [0.29, 0.717) is 6.54 Å². The van der Waals surface area contributed by atoms with E-state index in [1.807, 2.05) is 32.2 Å². The number of guanidine groups is 1. The molecule has 0 bridgehead atoms. The SMILES string of the molecule is CN=C(NCc1cccc(-c2ncn[nH]2)c1)N1CCN(Cc2cc(C)on2)CC1. The molecule has 4 rings (SSSR count). The van der Waals surface area contributed by atoms with E-state index in [9.17, 15) is 0 Å². The highest BCUT2D eigenvalue weighted by molar-refractivity contribution is 5.80. The average Bonchev–Trinajstić information content (AvgIpc) is 3.42. The van der Waals surface area contributed by atoms with Gasteiger partial charge in [0.15, 0.2) is 11.8 Å². The molecule has 1 aromatic carbocycles. The van der Waals surface area contributed by atoms with E-state index in [2.05, 4.69) is 52.6 Å². The normalized spacial score (nSPS) is 15.7. The number of nitrogens with zero attached hydrogens (tertiary/aromatic N) is 6. The van der Waals surface area contributed by atoms with Gasteiger partial charge in [0, 0.05) is 57.9 Å². The van der Waals surface area contributed by atoms with Gasteiger partial charge in [0.05, 0.1) is 5.69 Å². The molecule has 2 N–H and O–H groups in total. The summed E-state index contributed by atoms with van der Waals surface area (Å²) < 4.78 is 5.16. The quantitative estimate of drug-likeness (QED) is 0.502. The number of aromatic amines is 1. The van der Waals surface area contributed by atoms with Crippen LogP contribution in [0.5, 0.6) is 0 Å². The van der Waals surface area contributed by atoms with Crippen molar-refractivity contribution in [2.75, 3.05) is 33.2 Å². The maximum Gasteiger partial charge on any atom is 0.194 e. The molecule has 0 amide bonds. The molecule has 2 aromatic heterocycles. The molecular weight excluding hydrogens is 368 g/mol. The largest absolute Gasteiger partial charge is 0.361 e. The van der Waals surface area contributed by atoms with Crippen LogP contribution in [0, 0.1) is 6.92 Å². The fraction of sp³-hybridized carbons (Fsp3) is 0.400. The van der Waals surface area contributed by atoms with Gasteiger partial charge in [-0.1, -0.05) is 23.4 Å². The highest BCUT2D eigenvalue weighted by Gasteiger charge is 2.20.